The minimum Gasteiger partial charge on any atom is -0.121 e. The Kier molecular flexibility index (Phi) is 4.39. The standard InChI is InChI=1S/C10H10Cl4/c1-5-7(3-11)10(14)6(2)8(4-12)9(5)13/h3-4H2,1-2H3. The average molecular weight is 272 g/mol. The van der Waals surface area contributed by atoms with Crippen LogP contribution in [-0.4, -0.2) is 0 Å². The van der Waals surface area contributed by atoms with E-state index in [1.54, 1.807) is 0 Å². The zero-order valence-electron chi connectivity index (χ0n) is 7.93. The Morgan fingerprint density at radius 1 is 0.786 bits per heavy atom. The average Bonchev–Trinajstić information content (AvgIpc) is 2.17. The van der Waals surface area contributed by atoms with Gasteiger partial charge >= 0.3 is 0 Å². The Labute approximate surface area is 104 Å². The van der Waals surface area contributed by atoms with Crippen LogP contribution in [0.1, 0.15) is 22.3 Å². The molecule has 0 aliphatic carbocycles. The van der Waals surface area contributed by atoms with Crippen LogP contribution in [0, 0.1) is 13.8 Å². The molecule has 0 aliphatic rings. The summed E-state index contributed by atoms with van der Waals surface area (Å²) in [6, 6.07) is 0. The monoisotopic (exact) mass is 270 g/mol. The summed E-state index contributed by atoms with van der Waals surface area (Å²) in [5.74, 6) is 0.738. The molecule has 0 aromatic heterocycles. The molecular weight excluding hydrogens is 262 g/mol. The van der Waals surface area contributed by atoms with Gasteiger partial charge in [0.2, 0.25) is 0 Å². The summed E-state index contributed by atoms with van der Waals surface area (Å²) in [6.07, 6.45) is 0. The van der Waals surface area contributed by atoms with Crippen molar-refractivity contribution in [2.24, 2.45) is 0 Å². The number of benzene rings is 1. The van der Waals surface area contributed by atoms with Crippen molar-refractivity contribution in [3.8, 4) is 0 Å². The molecule has 1 rings (SSSR count). The smallest absolute Gasteiger partial charge is 0.0492 e. The summed E-state index contributed by atoms with van der Waals surface area (Å²) in [4.78, 5) is 0. The Morgan fingerprint density at radius 3 is 1.29 bits per heavy atom. The van der Waals surface area contributed by atoms with E-state index >= 15 is 0 Å². The van der Waals surface area contributed by atoms with Crippen LogP contribution in [0.3, 0.4) is 0 Å². The predicted octanol–water partition coefficient (Wildman–Crippen LogP) is 5.09. The van der Waals surface area contributed by atoms with Gasteiger partial charge < -0.3 is 0 Å². The van der Waals surface area contributed by atoms with Crippen LogP contribution in [0.25, 0.3) is 0 Å². The molecule has 0 amide bonds. The third-order valence-corrected chi connectivity index (χ3v) is 3.92. The van der Waals surface area contributed by atoms with E-state index in [1.807, 2.05) is 13.8 Å². The second-order valence-electron chi connectivity index (χ2n) is 3.10. The molecule has 0 N–H and O–H groups in total. The van der Waals surface area contributed by atoms with Crippen molar-refractivity contribution in [1.82, 2.24) is 0 Å². The maximum absolute atomic E-state index is 6.15. The first-order chi connectivity index (χ1) is 6.54. The van der Waals surface area contributed by atoms with E-state index in [2.05, 4.69) is 0 Å². The van der Waals surface area contributed by atoms with E-state index in [-0.39, 0.29) is 0 Å². The number of rotatable bonds is 2. The lowest BCUT2D eigenvalue weighted by molar-refractivity contribution is 1.21. The maximum Gasteiger partial charge on any atom is 0.0492 e. The summed E-state index contributed by atoms with van der Waals surface area (Å²) in [5.41, 5.74) is 3.63. The normalized spacial score (nSPS) is 10.7. The topological polar surface area (TPSA) is 0 Å². The fourth-order valence-corrected chi connectivity index (χ4v) is 2.81. The van der Waals surface area contributed by atoms with Gasteiger partial charge in [-0.15, -0.1) is 23.2 Å². The fraction of sp³-hybridized carbons (Fsp3) is 0.400. The summed E-state index contributed by atoms with van der Waals surface area (Å²) in [7, 11) is 0. The first kappa shape index (κ1) is 12.4. The molecule has 0 fully saturated rings. The highest BCUT2D eigenvalue weighted by Gasteiger charge is 2.15. The highest BCUT2D eigenvalue weighted by atomic mass is 35.5. The molecule has 0 saturated heterocycles. The lowest BCUT2D eigenvalue weighted by Gasteiger charge is -2.14. The van der Waals surface area contributed by atoms with Crippen molar-refractivity contribution in [2.45, 2.75) is 25.6 Å². The zero-order chi connectivity index (χ0) is 10.9. The van der Waals surface area contributed by atoms with E-state index in [0.717, 1.165) is 22.3 Å². The molecule has 0 nitrogen and oxygen atoms in total. The SMILES string of the molecule is Cc1c(Cl)c(CCl)c(C)c(Cl)c1CCl. The van der Waals surface area contributed by atoms with Crippen molar-refractivity contribution >= 4 is 46.4 Å². The third kappa shape index (κ3) is 1.99. The molecule has 4 heteroatoms. The van der Waals surface area contributed by atoms with E-state index < -0.39 is 0 Å². The molecule has 14 heavy (non-hydrogen) atoms. The largest absolute Gasteiger partial charge is 0.121 e. The van der Waals surface area contributed by atoms with E-state index in [9.17, 15) is 0 Å². The minimum atomic E-state index is 0.369. The number of hydrogen-bond donors (Lipinski definition) is 0. The molecule has 0 bridgehead atoms. The van der Waals surface area contributed by atoms with E-state index in [1.165, 1.54) is 0 Å². The molecule has 1 aromatic rings. The van der Waals surface area contributed by atoms with Gasteiger partial charge in [0.05, 0.1) is 0 Å². The van der Waals surface area contributed by atoms with Gasteiger partial charge in [-0.05, 0) is 36.1 Å². The summed E-state index contributed by atoms with van der Waals surface area (Å²) < 4.78 is 0. The second kappa shape index (κ2) is 4.94. The van der Waals surface area contributed by atoms with Crippen LogP contribution < -0.4 is 0 Å². The summed E-state index contributed by atoms with van der Waals surface area (Å²) >= 11 is 23.9. The summed E-state index contributed by atoms with van der Waals surface area (Å²) in [5, 5.41) is 1.36. The lowest BCUT2D eigenvalue weighted by Crippen LogP contribution is -1.97. The molecule has 0 heterocycles. The highest BCUT2D eigenvalue weighted by Crippen LogP contribution is 2.35. The van der Waals surface area contributed by atoms with Crippen LogP contribution in [0.4, 0.5) is 0 Å². The highest BCUT2D eigenvalue weighted by molar-refractivity contribution is 6.36. The van der Waals surface area contributed by atoms with Crippen molar-refractivity contribution < 1.29 is 0 Å². The Morgan fingerprint density at radius 2 is 1.07 bits per heavy atom. The van der Waals surface area contributed by atoms with Crippen LogP contribution in [-0.2, 0) is 11.8 Å². The molecular formula is C10H10Cl4. The Bertz CT molecular complexity index is 294. The van der Waals surface area contributed by atoms with Gasteiger partial charge in [-0.2, -0.15) is 0 Å². The molecule has 0 spiro atoms. The zero-order valence-corrected chi connectivity index (χ0v) is 10.9. The molecule has 0 atom stereocenters. The van der Waals surface area contributed by atoms with Gasteiger partial charge in [-0.1, -0.05) is 23.2 Å². The van der Waals surface area contributed by atoms with Crippen LogP contribution >= 0.6 is 46.4 Å². The Hall–Kier alpha value is 0.380. The van der Waals surface area contributed by atoms with Gasteiger partial charge in [0.1, 0.15) is 0 Å². The fourth-order valence-electron chi connectivity index (χ4n) is 1.36. The van der Waals surface area contributed by atoms with E-state index in [4.69, 9.17) is 46.4 Å². The van der Waals surface area contributed by atoms with Gasteiger partial charge in [0, 0.05) is 21.8 Å². The third-order valence-electron chi connectivity index (χ3n) is 2.36. The molecule has 0 aliphatic heterocycles. The van der Waals surface area contributed by atoms with Crippen molar-refractivity contribution in [3.63, 3.8) is 0 Å². The predicted molar refractivity (Wildman–Crippen MR) is 65.1 cm³/mol. The minimum absolute atomic E-state index is 0.369. The quantitative estimate of drug-likeness (QED) is 0.658. The molecule has 0 radical (unpaired) electrons. The first-order valence-corrected chi connectivity index (χ1v) is 5.94. The van der Waals surface area contributed by atoms with Gasteiger partial charge in [0.25, 0.3) is 0 Å². The lowest BCUT2D eigenvalue weighted by atomic mass is 10.0. The number of halogens is 4. The van der Waals surface area contributed by atoms with E-state index in [0.29, 0.717) is 21.8 Å². The van der Waals surface area contributed by atoms with Crippen molar-refractivity contribution in [1.29, 1.82) is 0 Å². The molecule has 78 valence electrons. The summed E-state index contributed by atoms with van der Waals surface area (Å²) in [6.45, 7) is 3.81. The van der Waals surface area contributed by atoms with Crippen molar-refractivity contribution in [2.75, 3.05) is 0 Å². The molecule has 1 aromatic carbocycles. The maximum atomic E-state index is 6.15. The van der Waals surface area contributed by atoms with Gasteiger partial charge in [-0.25, -0.2) is 0 Å². The first-order valence-electron chi connectivity index (χ1n) is 4.12. The van der Waals surface area contributed by atoms with Crippen LogP contribution in [0.2, 0.25) is 10.0 Å². The van der Waals surface area contributed by atoms with Crippen molar-refractivity contribution in [3.05, 3.63) is 32.3 Å². The number of hydrogen-bond acceptors (Lipinski definition) is 0. The number of alkyl halides is 2. The molecule has 0 saturated carbocycles. The van der Waals surface area contributed by atoms with Crippen LogP contribution in [0.15, 0.2) is 0 Å². The van der Waals surface area contributed by atoms with Gasteiger partial charge in [0.15, 0.2) is 0 Å². The van der Waals surface area contributed by atoms with Gasteiger partial charge in [-0.3, -0.25) is 0 Å². The van der Waals surface area contributed by atoms with Crippen LogP contribution in [0.5, 0.6) is 0 Å². The second-order valence-corrected chi connectivity index (χ2v) is 4.39. The Balaban J connectivity index is 3.55. The molecule has 0 unspecified atom stereocenters.